The van der Waals surface area contributed by atoms with Crippen molar-refractivity contribution in [3.05, 3.63) is 24.0 Å². The number of hydrogen-bond donors (Lipinski definition) is 2. The molecule has 1 aromatic heterocycles. The summed E-state index contributed by atoms with van der Waals surface area (Å²) in [5, 5.41) is 12.0. The molecule has 0 atom stereocenters. The zero-order valence-electron chi connectivity index (χ0n) is 8.44. The lowest BCUT2D eigenvalue weighted by molar-refractivity contribution is 0.0690. The van der Waals surface area contributed by atoms with Crippen LogP contribution in [0.5, 0.6) is 0 Å². The second kappa shape index (κ2) is 4.29. The van der Waals surface area contributed by atoms with Gasteiger partial charge < -0.3 is 10.4 Å². The van der Waals surface area contributed by atoms with E-state index in [4.69, 9.17) is 5.11 Å². The van der Waals surface area contributed by atoms with E-state index in [0.29, 0.717) is 6.04 Å². The van der Waals surface area contributed by atoms with Gasteiger partial charge in [0.25, 0.3) is 0 Å². The number of hydrogen-bond acceptors (Lipinski definition) is 3. The number of carboxylic acids is 1. The molecule has 1 aliphatic rings. The van der Waals surface area contributed by atoms with E-state index in [1.165, 1.54) is 31.7 Å². The number of pyridine rings is 1. The number of carboxylic acid groups (broad SMARTS) is 1. The van der Waals surface area contributed by atoms with E-state index in [1.54, 1.807) is 12.3 Å². The van der Waals surface area contributed by atoms with Gasteiger partial charge in [-0.15, -0.1) is 0 Å². The van der Waals surface area contributed by atoms with Crippen LogP contribution in [0.4, 0.5) is 5.69 Å². The predicted molar refractivity (Wildman–Crippen MR) is 57.1 cm³/mol. The topological polar surface area (TPSA) is 62.2 Å². The quantitative estimate of drug-likeness (QED) is 0.795. The Morgan fingerprint density at radius 1 is 1.40 bits per heavy atom. The molecule has 1 saturated carbocycles. The van der Waals surface area contributed by atoms with Crippen molar-refractivity contribution < 1.29 is 9.90 Å². The average Bonchev–Trinajstić information content (AvgIpc) is 2.71. The van der Waals surface area contributed by atoms with Crippen LogP contribution in [0.25, 0.3) is 0 Å². The Morgan fingerprint density at radius 3 is 2.67 bits per heavy atom. The Morgan fingerprint density at radius 2 is 2.13 bits per heavy atom. The van der Waals surface area contributed by atoms with Crippen LogP contribution >= 0.6 is 0 Å². The maximum atomic E-state index is 10.6. The number of carbonyl (C=O) groups is 1. The maximum Gasteiger partial charge on any atom is 0.354 e. The standard InChI is InChI=1S/C11H14N2O2/c14-11(15)10-6-5-9(7-12-10)13-8-3-1-2-4-8/h5-8,13H,1-4H2,(H,14,15). The van der Waals surface area contributed by atoms with Crippen molar-refractivity contribution >= 4 is 11.7 Å². The number of aromatic nitrogens is 1. The molecular formula is C11H14N2O2. The van der Waals surface area contributed by atoms with Crippen LogP contribution in [-0.2, 0) is 0 Å². The molecule has 0 unspecified atom stereocenters. The predicted octanol–water partition coefficient (Wildman–Crippen LogP) is 2.13. The molecule has 1 aliphatic carbocycles. The highest BCUT2D eigenvalue weighted by atomic mass is 16.4. The van der Waals surface area contributed by atoms with Crippen LogP contribution in [-0.4, -0.2) is 22.1 Å². The third kappa shape index (κ3) is 2.46. The Kier molecular flexibility index (Phi) is 2.85. The maximum absolute atomic E-state index is 10.6. The smallest absolute Gasteiger partial charge is 0.354 e. The van der Waals surface area contributed by atoms with Gasteiger partial charge in [0.2, 0.25) is 0 Å². The van der Waals surface area contributed by atoms with Crippen molar-refractivity contribution in [3.8, 4) is 0 Å². The minimum atomic E-state index is -0.984. The van der Waals surface area contributed by atoms with Crippen LogP contribution in [0, 0.1) is 0 Å². The Labute approximate surface area is 88.3 Å². The van der Waals surface area contributed by atoms with Gasteiger partial charge in [-0.2, -0.15) is 0 Å². The molecule has 1 heterocycles. The molecule has 1 fully saturated rings. The SMILES string of the molecule is O=C(O)c1ccc(NC2CCCC2)cn1. The molecule has 0 amide bonds. The van der Waals surface area contributed by atoms with E-state index in [2.05, 4.69) is 10.3 Å². The first-order valence-corrected chi connectivity index (χ1v) is 5.21. The Balaban J connectivity index is 2.00. The summed E-state index contributed by atoms with van der Waals surface area (Å²) in [7, 11) is 0. The molecule has 0 aromatic carbocycles. The molecule has 1 aromatic rings. The molecule has 0 radical (unpaired) electrons. The van der Waals surface area contributed by atoms with E-state index in [-0.39, 0.29) is 5.69 Å². The van der Waals surface area contributed by atoms with Crippen molar-refractivity contribution in [1.82, 2.24) is 4.98 Å². The van der Waals surface area contributed by atoms with Crippen LogP contribution in [0.1, 0.15) is 36.2 Å². The Bertz CT molecular complexity index is 342. The van der Waals surface area contributed by atoms with Gasteiger partial charge in [0.05, 0.1) is 11.9 Å². The summed E-state index contributed by atoms with van der Waals surface area (Å²) in [6.45, 7) is 0. The van der Waals surface area contributed by atoms with E-state index < -0.39 is 5.97 Å². The van der Waals surface area contributed by atoms with E-state index in [9.17, 15) is 4.79 Å². The van der Waals surface area contributed by atoms with Gasteiger partial charge in [-0.05, 0) is 25.0 Å². The number of nitrogens with zero attached hydrogens (tertiary/aromatic N) is 1. The van der Waals surface area contributed by atoms with Crippen molar-refractivity contribution in [3.63, 3.8) is 0 Å². The molecule has 2 rings (SSSR count). The first-order chi connectivity index (χ1) is 7.25. The summed E-state index contributed by atoms with van der Waals surface area (Å²) < 4.78 is 0. The lowest BCUT2D eigenvalue weighted by atomic mass is 10.2. The normalized spacial score (nSPS) is 16.5. The molecule has 2 N–H and O–H groups in total. The highest BCUT2D eigenvalue weighted by Gasteiger charge is 2.14. The third-order valence-corrected chi connectivity index (χ3v) is 2.71. The second-order valence-electron chi connectivity index (χ2n) is 3.86. The van der Waals surface area contributed by atoms with Gasteiger partial charge in [-0.3, -0.25) is 0 Å². The first kappa shape index (κ1) is 9.96. The van der Waals surface area contributed by atoms with Gasteiger partial charge >= 0.3 is 5.97 Å². The number of aromatic carboxylic acids is 1. The fourth-order valence-corrected chi connectivity index (χ4v) is 1.91. The molecule has 0 aliphatic heterocycles. The summed E-state index contributed by atoms with van der Waals surface area (Å²) in [6, 6.07) is 3.83. The summed E-state index contributed by atoms with van der Waals surface area (Å²) in [5.41, 5.74) is 0.999. The molecule has 0 saturated heterocycles. The summed E-state index contributed by atoms with van der Waals surface area (Å²) in [4.78, 5) is 14.4. The monoisotopic (exact) mass is 206 g/mol. The highest BCUT2D eigenvalue weighted by molar-refractivity contribution is 5.85. The zero-order chi connectivity index (χ0) is 10.7. The number of rotatable bonds is 3. The number of anilines is 1. The first-order valence-electron chi connectivity index (χ1n) is 5.21. The lowest BCUT2D eigenvalue weighted by Crippen LogP contribution is -2.14. The van der Waals surface area contributed by atoms with Gasteiger partial charge in [-0.25, -0.2) is 9.78 Å². The van der Waals surface area contributed by atoms with E-state index in [1.807, 2.05) is 0 Å². The fraction of sp³-hybridized carbons (Fsp3) is 0.455. The van der Waals surface area contributed by atoms with Gasteiger partial charge in [0.1, 0.15) is 5.69 Å². The van der Waals surface area contributed by atoms with E-state index >= 15 is 0 Å². The molecular weight excluding hydrogens is 192 g/mol. The summed E-state index contributed by atoms with van der Waals surface area (Å²) in [5.74, 6) is -0.984. The molecule has 0 spiro atoms. The third-order valence-electron chi connectivity index (χ3n) is 2.71. The largest absolute Gasteiger partial charge is 0.477 e. The van der Waals surface area contributed by atoms with Gasteiger partial charge in [-0.1, -0.05) is 12.8 Å². The number of nitrogens with one attached hydrogen (secondary N) is 1. The minimum absolute atomic E-state index is 0.0898. The van der Waals surface area contributed by atoms with Crippen molar-refractivity contribution in [1.29, 1.82) is 0 Å². The van der Waals surface area contributed by atoms with Crippen LogP contribution < -0.4 is 5.32 Å². The molecule has 15 heavy (non-hydrogen) atoms. The zero-order valence-corrected chi connectivity index (χ0v) is 8.44. The van der Waals surface area contributed by atoms with Crippen LogP contribution in [0.15, 0.2) is 18.3 Å². The van der Waals surface area contributed by atoms with Crippen LogP contribution in [0.2, 0.25) is 0 Å². The van der Waals surface area contributed by atoms with E-state index in [0.717, 1.165) is 5.69 Å². The van der Waals surface area contributed by atoms with Gasteiger partial charge in [0, 0.05) is 6.04 Å². The highest BCUT2D eigenvalue weighted by Crippen LogP contribution is 2.21. The molecule has 4 heteroatoms. The lowest BCUT2D eigenvalue weighted by Gasteiger charge is -2.12. The van der Waals surface area contributed by atoms with Crippen molar-refractivity contribution in [2.45, 2.75) is 31.7 Å². The molecule has 4 nitrogen and oxygen atoms in total. The molecule has 80 valence electrons. The van der Waals surface area contributed by atoms with Crippen molar-refractivity contribution in [2.75, 3.05) is 5.32 Å². The Hall–Kier alpha value is -1.58. The summed E-state index contributed by atoms with van der Waals surface area (Å²) >= 11 is 0. The second-order valence-corrected chi connectivity index (χ2v) is 3.86. The average molecular weight is 206 g/mol. The minimum Gasteiger partial charge on any atom is -0.477 e. The van der Waals surface area contributed by atoms with Gasteiger partial charge in [0.15, 0.2) is 0 Å². The van der Waals surface area contributed by atoms with Crippen LogP contribution in [0.3, 0.4) is 0 Å². The summed E-state index contributed by atoms with van der Waals surface area (Å²) in [6.07, 6.45) is 6.53. The fourth-order valence-electron chi connectivity index (χ4n) is 1.91. The molecule has 0 bridgehead atoms. The van der Waals surface area contributed by atoms with Crippen molar-refractivity contribution in [2.24, 2.45) is 0 Å².